The lowest BCUT2D eigenvalue weighted by Crippen LogP contribution is -2.47. The number of pyridine rings is 1. The van der Waals surface area contributed by atoms with Gasteiger partial charge >= 0.3 is 0 Å². The van der Waals surface area contributed by atoms with Gasteiger partial charge in [0.25, 0.3) is 5.91 Å². The number of ether oxygens (including phenoxy) is 1. The summed E-state index contributed by atoms with van der Waals surface area (Å²) in [7, 11) is 0. The number of piperidine rings is 1. The zero-order valence-electron chi connectivity index (χ0n) is 21.8. The average molecular weight is 496 g/mol. The fraction of sp³-hybridized carbons (Fsp3) is 0.704. The first-order chi connectivity index (χ1) is 17.7. The van der Waals surface area contributed by atoms with Gasteiger partial charge < -0.3 is 19.9 Å². The molecular formula is C27H41N7O2. The van der Waals surface area contributed by atoms with Crippen LogP contribution in [0.25, 0.3) is 11.0 Å². The van der Waals surface area contributed by atoms with E-state index in [1.54, 1.807) is 0 Å². The van der Waals surface area contributed by atoms with E-state index in [1.165, 1.54) is 25.7 Å². The van der Waals surface area contributed by atoms with E-state index < -0.39 is 0 Å². The van der Waals surface area contributed by atoms with E-state index in [-0.39, 0.29) is 17.8 Å². The summed E-state index contributed by atoms with van der Waals surface area (Å²) in [5.41, 5.74) is 2.29. The molecule has 5 heterocycles. The average Bonchev–Trinajstić information content (AvgIpc) is 3.34. The number of carbonyl (C=O) groups is 1. The molecule has 2 aromatic rings. The second-order valence-corrected chi connectivity index (χ2v) is 10.5. The van der Waals surface area contributed by atoms with Gasteiger partial charge in [-0.1, -0.05) is 12.8 Å². The highest BCUT2D eigenvalue weighted by atomic mass is 16.5. The summed E-state index contributed by atoms with van der Waals surface area (Å²) in [5, 5.41) is 3.19. The third-order valence-electron chi connectivity index (χ3n) is 7.81. The molecule has 196 valence electrons. The molecule has 0 saturated carbocycles. The lowest BCUT2D eigenvalue weighted by Gasteiger charge is -2.33. The summed E-state index contributed by atoms with van der Waals surface area (Å²) in [5.74, 6) is 1.05. The van der Waals surface area contributed by atoms with Crippen molar-refractivity contribution in [1.82, 2.24) is 30.1 Å². The van der Waals surface area contributed by atoms with Crippen molar-refractivity contribution in [1.29, 1.82) is 0 Å². The Balaban J connectivity index is 1.14. The van der Waals surface area contributed by atoms with E-state index in [0.717, 1.165) is 107 Å². The van der Waals surface area contributed by atoms with Crippen molar-refractivity contribution in [2.45, 2.75) is 57.9 Å². The molecule has 0 bridgehead atoms. The predicted molar refractivity (Wildman–Crippen MR) is 142 cm³/mol. The summed E-state index contributed by atoms with van der Waals surface area (Å²) in [6.07, 6.45) is 8.04. The Morgan fingerprint density at radius 1 is 0.889 bits per heavy atom. The fourth-order valence-electron chi connectivity index (χ4n) is 5.58. The van der Waals surface area contributed by atoms with Crippen LogP contribution in [0.2, 0.25) is 0 Å². The molecule has 3 aliphatic rings. The molecule has 36 heavy (non-hydrogen) atoms. The van der Waals surface area contributed by atoms with E-state index in [2.05, 4.69) is 30.0 Å². The number of fused-ring (bicyclic) bond motifs is 1. The van der Waals surface area contributed by atoms with Crippen LogP contribution in [0.5, 0.6) is 0 Å². The van der Waals surface area contributed by atoms with Gasteiger partial charge in [-0.25, -0.2) is 15.0 Å². The van der Waals surface area contributed by atoms with E-state index in [4.69, 9.17) is 9.72 Å². The maximum Gasteiger partial charge on any atom is 0.289 e. The molecule has 0 atom stereocenters. The van der Waals surface area contributed by atoms with E-state index in [9.17, 15) is 4.79 Å². The topological polar surface area (TPSA) is 86.7 Å². The molecule has 2 aromatic heterocycles. The number of nitrogens with zero attached hydrogens (tertiary/aromatic N) is 6. The van der Waals surface area contributed by atoms with Crippen LogP contribution in [0.3, 0.4) is 0 Å². The second-order valence-electron chi connectivity index (χ2n) is 10.5. The van der Waals surface area contributed by atoms with Crippen molar-refractivity contribution < 1.29 is 9.53 Å². The lowest BCUT2D eigenvalue weighted by atomic mass is 10.0. The molecule has 0 radical (unpaired) electrons. The van der Waals surface area contributed by atoms with Crippen LogP contribution in [0.15, 0.2) is 12.1 Å². The summed E-state index contributed by atoms with van der Waals surface area (Å²) in [6, 6.07) is 4.20. The highest BCUT2D eigenvalue weighted by Gasteiger charge is 2.23. The number of likely N-dealkylation sites (tertiary alicyclic amines) is 1. The van der Waals surface area contributed by atoms with Crippen LogP contribution >= 0.6 is 0 Å². The molecule has 3 saturated heterocycles. The first-order valence-electron chi connectivity index (χ1n) is 13.9. The number of hydrogen-bond donors (Lipinski definition) is 1. The predicted octanol–water partition coefficient (Wildman–Crippen LogP) is 2.63. The van der Waals surface area contributed by atoms with Crippen LogP contribution < -0.4 is 10.2 Å². The number of hydrogen-bond acceptors (Lipinski definition) is 8. The Bertz CT molecular complexity index is 1010. The molecule has 0 spiro atoms. The molecule has 0 aromatic carbocycles. The number of amides is 1. The van der Waals surface area contributed by atoms with Gasteiger partial charge in [0.2, 0.25) is 5.82 Å². The minimum absolute atomic E-state index is 0.170. The van der Waals surface area contributed by atoms with Crippen LogP contribution in [0, 0.1) is 6.92 Å². The Kier molecular flexibility index (Phi) is 8.61. The van der Waals surface area contributed by atoms with Gasteiger partial charge in [0, 0.05) is 65.0 Å². The van der Waals surface area contributed by atoms with Crippen molar-refractivity contribution in [3.05, 3.63) is 23.7 Å². The Morgan fingerprint density at radius 3 is 2.42 bits per heavy atom. The summed E-state index contributed by atoms with van der Waals surface area (Å²) in [4.78, 5) is 34.4. The molecule has 9 nitrogen and oxygen atoms in total. The molecule has 5 rings (SSSR count). The Labute approximate surface area is 214 Å². The number of anilines is 1. The van der Waals surface area contributed by atoms with Gasteiger partial charge in [-0.2, -0.15) is 0 Å². The van der Waals surface area contributed by atoms with E-state index in [0.29, 0.717) is 0 Å². The Hall–Kier alpha value is -2.36. The maximum absolute atomic E-state index is 13.0. The van der Waals surface area contributed by atoms with Gasteiger partial charge in [-0.15, -0.1) is 0 Å². The van der Waals surface area contributed by atoms with E-state index >= 15 is 0 Å². The fourth-order valence-corrected chi connectivity index (χ4v) is 5.58. The molecule has 3 aliphatic heterocycles. The van der Waals surface area contributed by atoms with Crippen LogP contribution in [-0.2, 0) is 4.74 Å². The molecule has 1 amide bonds. The van der Waals surface area contributed by atoms with Gasteiger partial charge in [-0.3, -0.25) is 9.69 Å². The number of aromatic nitrogens is 3. The number of aryl methyl sites for hydroxylation is 1. The molecule has 0 aliphatic carbocycles. The van der Waals surface area contributed by atoms with Gasteiger partial charge in [-0.05, 0) is 51.2 Å². The van der Waals surface area contributed by atoms with Gasteiger partial charge in [0.15, 0.2) is 0 Å². The zero-order chi connectivity index (χ0) is 24.7. The number of rotatable bonds is 6. The molecule has 9 heteroatoms. The van der Waals surface area contributed by atoms with Gasteiger partial charge in [0.1, 0.15) is 11.3 Å². The second kappa shape index (κ2) is 12.3. The van der Waals surface area contributed by atoms with E-state index in [1.807, 2.05) is 19.1 Å². The molecule has 3 fully saturated rings. The summed E-state index contributed by atoms with van der Waals surface area (Å²) >= 11 is 0. The first kappa shape index (κ1) is 25.3. The van der Waals surface area contributed by atoms with Crippen LogP contribution in [0.4, 0.5) is 5.82 Å². The summed E-state index contributed by atoms with van der Waals surface area (Å²) < 4.78 is 5.56. The lowest BCUT2D eigenvalue weighted by molar-refractivity contribution is 0.0895. The molecule has 1 N–H and O–H groups in total. The highest BCUT2D eigenvalue weighted by molar-refractivity contribution is 5.93. The number of carbonyl (C=O) groups excluding carboxylic acids is 1. The SMILES string of the molecule is Cc1nc(C(=O)NC2CCN(CCN3CCCOCC3)CC2)nc2ccc(N3CCCCCC3)nc12. The minimum atomic E-state index is -0.181. The van der Waals surface area contributed by atoms with Crippen molar-refractivity contribution in [3.63, 3.8) is 0 Å². The third kappa shape index (κ3) is 6.49. The number of nitrogens with one attached hydrogen (secondary N) is 1. The zero-order valence-corrected chi connectivity index (χ0v) is 21.8. The minimum Gasteiger partial charge on any atom is -0.380 e. The van der Waals surface area contributed by atoms with Crippen LogP contribution in [-0.4, -0.2) is 102 Å². The normalized spacial score (nSPS) is 21.3. The van der Waals surface area contributed by atoms with Crippen molar-refractivity contribution in [2.24, 2.45) is 0 Å². The van der Waals surface area contributed by atoms with Gasteiger partial charge in [0.05, 0.1) is 17.8 Å². The standard InChI is InChI=1S/C27H41N7O2/c1-21-25-23(7-8-24(31-25)34-12-4-2-3-5-13-34)30-26(28-21)27(35)29-22-9-14-33(15-10-22)17-16-32-11-6-19-36-20-18-32/h7-8,22H,2-6,9-20H2,1H3,(H,29,35). The Morgan fingerprint density at radius 2 is 1.64 bits per heavy atom. The quantitative estimate of drug-likeness (QED) is 0.655. The highest BCUT2D eigenvalue weighted by Crippen LogP contribution is 2.22. The first-order valence-corrected chi connectivity index (χ1v) is 13.9. The van der Waals surface area contributed by atoms with Crippen molar-refractivity contribution in [2.75, 3.05) is 70.5 Å². The monoisotopic (exact) mass is 495 g/mol. The molecule has 0 unspecified atom stereocenters. The smallest absolute Gasteiger partial charge is 0.289 e. The maximum atomic E-state index is 13.0. The van der Waals surface area contributed by atoms with Crippen molar-refractivity contribution >= 4 is 22.8 Å². The molecular weight excluding hydrogens is 454 g/mol. The van der Waals surface area contributed by atoms with Crippen LogP contribution in [0.1, 0.15) is 61.3 Å². The largest absolute Gasteiger partial charge is 0.380 e. The third-order valence-corrected chi connectivity index (χ3v) is 7.81. The van der Waals surface area contributed by atoms with Crippen molar-refractivity contribution in [3.8, 4) is 0 Å². The summed E-state index contributed by atoms with van der Waals surface area (Å²) in [6.45, 7) is 12.1.